The SMILES string of the molecule is Nc1ccc2nc(CS(=O)Cc3ccccc3Cl)oc2c1. The quantitative estimate of drug-likeness (QED) is 0.747. The number of hydrogen-bond acceptors (Lipinski definition) is 4. The summed E-state index contributed by atoms with van der Waals surface area (Å²) in [6.07, 6.45) is 0. The molecule has 108 valence electrons. The Bertz CT molecular complexity index is 816. The molecule has 0 saturated heterocycles. The highest BCUT2D eigenvalue weighted by Gasteiger charge is 2.11. The minimum atomic E-state index is -1.14. The third-order valence-corrected chi connectivity index (χ3v) is 4.59. The van der Waals surface area contributed by atoms with E-state index in [0.29, 0.717) is 33.5 Å². The largest absolute Gasteiger partial charge is 0.440 e. The van der Waals surface area contributed by atoms with Gasteiger partial charge in [-0.2, -0.15) is 0 Å². The van der Waals surface area contributed by atoms with E-state index in [1.807, 2.05) is 18.2 Å². The molecule has 0 spiro atoms. The first kappa shape index (κ1) is 14.1. The molecule has 6 heteroatoms. The van der Waals surface area contributed by atoms with Crippen molar-refractivity contribution in [3.8, 4) is 0 Å². The van der Waals surface area contributed by atoms with Crippen LogP contribution in [0.2, 0.25) is 5.02 Å². The number of halogens is 1. The number of nitrogens with zero attached hydrogens (tertiary/aromatic N) is 1. The van der Waals surface area contributed by atoms with Crippen LogP contribution in [0.3, 0.4) is 0 Å². The molecule has 1 heterocycles. The van der Waals surface area contributed by atoms with E-state index in [2.05, 4.69) is 4.98 Å². The molecule has 4 nitrogen and oxygen atoms in total. The molecule has 2 N–H and O–H groups in total. The van der Waals surface area contributed by atoms with Crippen molar-refractivity contribution in [2.75, 3.05) is 5.73 Å². The van der Waals surface area contributed by atoms with E-state index < -0.39 is 10.8 Å². The van der Waals surface area contributed by atoms with Crippen LogP contribution in [0, 0.1) is 0 Å². The van der Waals surface area contributed by atoms with Crippen LogP contribution in [0.25, 0.3) is 11.1 Å². The topological polar surface area (TPSA) is 69.1 Å². The summed E-state index contributed by atoms with van der Waals surface area (Å²) in [5, 5.41) is 0.621. The zero-order valence-electron chi connectivity index (χ0n) is 11.1. The number of fused-ring (bicyclic) bond motifs is 1. The standard InChI is InChI=1S/C15H13ClN2O2S/c16-12-4-2-1-3-10(12)8-21(19)9-15-18-13-6-5-11(17)7-14(13)20-15/h1-7H,8-9,17H2. The number of nitrogens with two attached hydrogens (primary N) is 1. The van der Waals surface area contributed by atoms with E-state index in [-0.39, 0.29) is 5.75 Å². The zero-order valence-corrected chi connectivity index (χ0v) is 12.7. The van der Waals surface area contributed by atoms with Crippen molar-refractivity contribution >= 4 is 39.2 Å². The molecule has 21 heavy (non-hydrogen) atoms. The van der Waals surface area contributed by atoms with Gasteiger partial charge in [-0.1, -0.05) is 29.8 Å². The van der Waals surface area contributed by atoms with Crippen molar-refractivity contribution < 1.29 is 8.63 Å². The number of aromatic nitrogens is 1. The average molecular weight is 321 g/mol. The third kappa shape index (κ3) is 3.25. The summed E-state index contributed by atoms with van der Waals surface area (Å²) in [4.78, 5) is 4.31. The highest BCUT2D eigenvalue weighted by molar-refractivity contribution is 7.83. The van der Waals surface area contributed by atoms with E-state index in [0.717, 1.165) is 5.56 Å². The highest BCUT2D eigenvalue weighted by atomic mass is 35.5. The van der Waals surface area contributed by atoms with Crippen molar-refractivity contribution in [1.29, 1.82) is 0 Å². The molecule has 0 radical (unpaired) electrons. The van der Waals surface area contributed by atoms with Crippen LogP contribution in [0.1, 0.15) is 11.5 Å². The van der Waals surface area contributed by atoms with Gasteiger partial charge in [0.25, 0.3) is 0 Å². The van der Waals surface area contributed by atoms with Gasteiger partial charge in [0, 0.05) is 27.6 Å². The van der Waals surface area contributed by atoms with Crippen molar-refractivity contribution in [3.05, 3.63) is 58.9 Å². The van der Waals surface area contributed by atoms with Crippen LogP contribution in [-0.4, -0.2) is 9.19 Å². The van der Waals surface area contributed by atoms with E-state index >= 15 is 0 Å². The Morgan fingerprint density at radius 3 is 2.81 bits per heavy atom. The molecule has 3 aromatic rings. The molecule has 2 aromatic carbocycles. The number of rotatable bonds is 4. The molecule has 0 aliphatic rings. The van der Waals surface area contributed by atoms with Crippen LogP contribution in [0.5, 0.6) is 0 Å². The van der Waals surface area contributed by atoms with Gasteiger partial charge in [-0.15, -0.1) is 0 Å². The molecule has 1 aromatic heterocycles. The minimum Gasteiger partial charge on any atom is -0.440 e. The molecule has 1 unspecified atom stereocenters. The third-order valence-electron chi connectivity index (χ3n) is 3.02. The van der Waals surface area contributed by atoms with Gasteiger partial charge in [0.1, 0.15) is 11.3 Å². The lowest BCUT2D eigenvalue weighted by molar-refractivity contribution is 0.552. The maximum Gasteiger partial charge on any atom is 0.208 e. The normalized spacial score (nSPS) is 12.6. The predicted octanol–water partition coefficient (Wildman–Crippen LogP) is 3.51. The summed E-state index contributed by atoms with van der Waals surface area (Å²) in [5.74, 6) is 1.07. The summed E-state index contributed by atoms with van der Waals surface area (Å²) in [7, 11) is -1.14. The minimum absolute atomic E-state index is 0.250. The van der Waals surface area contributed by atoms with Gasteiger partial charge in [0.2, 0.25) is 5.89 Å². The summed E-state index contributed by atoms with van der Waals surface area (Å²) < 4.78 is 17.8. The second-order valence-electron chi connectivity index (χ2n) is 4.65. The molecule has 0 fully saturated rings. The number of nitrogen functional groups attached to an aromatic ring is 1. The molecule has 0 amide bonds. The molecule has 0 aliphatic heterocycles. The van der Waals surface area contributed by atoms with Crippen molar-refractivity contribution in [2.45, 2.75) is 11.5 Å². The van der Waals surface area contributed by atoms with Crippen molar-refractivity contribution in [3.63, 3.8) is 0 Å². The molecule has 3 rings (SSSR count). The lowest BCUT2D eigenvalue weighted by atomic mass is 10.2. The summed E-state index contributed by atoms with van der Waals surface area (Å²) in [6, 6.07) is 12.6. The maximum atomic E-state index is 12.2. The summed E-state index contributed by atoms with van der Waals surface area (Å²) >= 11 is 6.07. The van der Waals surface area contributed by atoms with Crippen LogP contribution < -0.4 is 5.73 Å². The van der Waals surface area contributed by atoms with Gasteiger partial charge in [0.15, 0.2) is 5.58 Å². The lowest BCUT2D eigenvalue weighted by Gasteiger charge is -2.02. The Kier molecular flexibility index (Phi) is 3.94. The van der Waals surface area contributed by atoms with Gasteiger partial charge in [-0.05, 0) is 23.8 Å². The molecular formula is C15H13ClN2O2S. The Hall–Kier alpha value is -1.85. The molecule has 0 bridgehead atoms. The summed E-state index contributed by atoms with van der Waals surface area (Å²) in [6.45, 7) is 0. The molecule has 0 saturated carbocycles. The lowest BCUT2D eigenvalue weighted by Crippen LogP contribution is -2.00. The van der Waals surface area contributed by atoms with Gasteiger partial charge >= 0.3 is 0 Å². The maximum absolute atomic E-state index is 12.2. The molecular weight excluding hydrogens is 308 g/mol. The van der Waals surface area contributed by atoms with Crippen LogP contribution in [-0.2, 0) is 22.3 Å². The number of benzene rings is 2. The molecule has 0 aliphatic carbocycles. The predicted molar refractivity (Wildman–Crippen MR) is 85.4 cm³/mol. The van der Waals surface area contributed by atoms with Gasteiger partial charge < -0.3 is 10.2 Å². The second-order valence-corrected chi connectivity index (χ2v) is 6.52. The number of oxazole rings is 1. The summed E-state index contributed by atoms with van der Waals surface area (Å²) in [5.41, 5.74) is 8.49. The molecule has 1 atom stereocenters. The van der Waals surface area contributed by atoms with E-state index in [1.165, 1.54) is 0 Å². The van der Waals surface area contributed by atoms with Crippen LogP contribution in [0.4, 0.5) is 5.69 Å². The Balaban J connectivity index is 1.75. The second kappa shape index (κ2) is 5.87. The fraction of sp³-hybridized carbons (Fsp3) is 0.133. The van der Waals surface area contributed by atoms with E-state index in [9.17, 15) is 4.21 Å². The number of hydrogen-bond donors (Lipinski definition) is 1. The Morgan fingerprint density at radius 1 is 1.19 bits per heavy atom. The van der Waals surface area contributed by atoms with Crippen LogP contribution in [0.15, 0.2) is 46.9 Å². The Labute approximate surface area is 129 Å². The van der Waals surface area contributed by atoms with Gasteiger partial charge in [-0.3, -0.25) is 4.21 Å². The van der Waals surface area contributed by atoms with Crippen LogP contribution >= 0.6 is 11.6 Å². The smallest absolute Gasteiger partial charge is 0.208 e. The fourth-order valence-corrected chi connectivity index (χ4v) is 3.41. The van der Waals surface area contributed by atoms with Gasteiger partial charge in [-0.25, -0.2) is 4.98 Å². The van der Waals surface area contributed by atoms with E-state index in [4.69, 9.17) is 21.8 Å². The van der Waals surface area contributed by atoms with Crippen molar-refractivity contribution in [1.82, 2.24) is 4.98 Å². The average Bonchev–Trinajstić information content (AvgIpc) is 2.82. The van der Waals surface area contributed by atoms with Gasteiger partial charge in [0.05, 0.1) is 5.75 Å². The Morgan fingerprint density at radius 2 is 2.00 bits per heavy atom. The first-order valence-electron chi connectivity index (χ1n) is 6.35. The zero-order chi connectivity index (χ0) is 14.8. The fourth-order valence-electron chi connectivity index (χ4n) is 2.03. The number of anilines is 1. The first-order chi connectivity index (χ1) is 10.1. The monoisotopic (exact) mass is 320 g/mol. The van der Waals surface area contributed by atoms with Crippen molar-refractivity contribution in [2.24, 2.45) is 0 Å². The highest BCUT2D eigenvalue weighted by Crippen LogP contribution is 2.21. The first-order valence-corrected chi connectivity index (χ1v) is 8.22. The van der Waals surface area contributed by atoms with E-state index in [1.54, 1.807) is 24.3 Å².